The van der Waals surface area contributed by atoms with Crippen LogP contribution in [0.3, 0.4) is 0 Å². The third-order valence-electron chi connectivity index (χ3n) is 4.01. The molecule has 160 valence electrons. The van der Waals surface area contributed by atoms with Crippen LogP contribution in [0.2, 0.25) is 0 Å². The molecule has 1 aromatic heterocycles. The van der Waals surface area contributed by atoms with Crippen molar-refractivity contribution in [3.05, 3.63) is 69.0 Å². The molecule has 3 rings (SSSR count). The van der Waals surface area contributed by atoms with E-state index < -0.39 is 19.2 Å². The molecule has 3 nitrogen and oxygen atoms in total. The minimum atomic E-state index is -3.81. The summed E-state index contributed by atoms with van der Waals surface area (Å²) in [5.74, 6) is -1.93. The van der Waals surface area contributed by atoms with Crippen molar-refractivity contribution in [3.63, 3.8) is 0 Å². The lowest BCUT2D eigenvalue weighted by molar-refractivity contribution is 0.151. The van der Waals surface area contributed by atoms with Crippen molar-refractivity contribution in [1.29, 1.82) is 0 Å². The number of rotatable bonds is 7. The smallest absolute Gasteiger partial charge is 0.302 e. The van der Waals surface area contributed by atoms with Crippen molar-refractivity contribution in [2.75, 3.05) is 0 Å². The average molecular weight is 515 g/mol. The Morgan fingerprint density at radius 3 is 2.23 bits per heavy atom. The van der Waals surface area contributed by atoms with E-state index in [2.05, 4.69) is 15.9 Å². The Labute approximate surface area is 187 Å². The zero-order chi connectivity index (χ0) is 22.1. The van der Waals surface area contributed by atoms with Crippen LogP contribution in [-0.2, 0) is 13.6 Å². The highest BCUT2D eigenvalue weighted by Gasteiger charge is 2.36. The van der Waals surface area contributed by atoms with Crippen LogP contribution in [0.4, 0.5) is 8.78 Å². The first-order valence-electron chi connectivity index (χ1n) is 9.42. The zero-order valence-electron chi connectivity index (χ0n) is 17.0. The molecule has 0 N–H and O–H groups in total. The van der Waals surface area contributed by atoms with Gasteiger partial charge in [-0.3, -0.25) is 4.57 Å². The summed E-state index contributed by atoms with van der Waals surface area (Å²) in [4.78, 5) is 0.658. The van der Waals surface area contributed by atoms with Gasteiger partial charge in [-0.25, -0.2) is 8.78 Å². The summed E-state index contributed by atoms with van der Waals surface area (Å²) in [6.07, 6.45) is 0.788. The lowest BCUT2D eigenvalue weighted by atomic mass is 10.2. The first-order chi connectivity index (χ1) is 14.1. The van der Waals surface area contributed by atoms with Crippen LogP contribution in [0, 0.1) is 11.6 Å². The molecule has 0 unspecified atom stereocenters. The highest BCUT2D eigenvalue weighted by atomic mass is 79.9. The lowest BCUT2D eigenvalue weighted by Gasteiger charge is -2.25. The summed E-state index contributed by atoms with van der Waals surface area (Å²) in [5.41, 5.74) is 0.355. The van der Waals surface area contributed by atoms with Crippen LogP contribution in [0.5, 0.6) is 0 Å². The van der Waals surface area contributed by atoms with Crippen molar-refractivity contribution in [3.8, 4) is 0 Å². The van der Waals surface area contributed by atoms with Gasteiger partial charge in [0.25, 0.3) is 0 Å². The number of hydrogen-bond acceptors (Lipinski definition) is 4. The van der Waals surface area contributed by atoms with E-state index in [0.29, 0.717) is 15.8 Å². The molecule has 0 aliphatic carbocycles. The van der Waals surface area contributed by atoms with Crippen LogP contribution in [0.1, 0.15) is 38.1 Å². The van der Waals surface area contributed by atoms with Crippen LogP contribution in [-0.4, -0.2) is 12.2 Å². The fourth-order valence-corrected chi connectivity index (χ4v) is 7.52. The molecule has 0 aliphatic rings. The zero-order valence-corrected chi connectivity index (χ0v) is 20.3. The van der Waals surface area contributed by atoms with Crippen LogP contribution >= 0.6 is 34.9 Å². The van der Waals surface area contributed by atoms with E-state index >= 15 is 0 Å². The summed E-state index contributed by atoms with van der Waals surface area (Å²) in [6, 6.07) is 11.3. The molecule has 0 spiro atoms. The topological polar surface area (TPSA) is 35.5 Å². The molecule has 0 saturated carbocycles. The predicted molar refractivity (Wildman–Crippen MR) is 124 cm³/mol. The molecule has 3 aromatic rings. The van der Waals surface area contributed by atoms with Crippen molar-refractivity contribution >= 4 is 56.3 Å². The molecule has 0 aliphatic heterocycles. The van der Waals surface area contributed by atoms with Gasteiger partial charge in [0, 0.05) is 14.6 Å². The SMILES string of the molecule is CC(C)OP(=O)(OC(C)C)/C(=C/c1ccc(F)c(F)c1)c1sc2ccccc2c1Br. The first-order valence-corrected chi connectivity index (χ1v) is 12.6. The second kappa shape index (κ2) is 9.41. The molecule has 0 radical (unpaired) electrons. The van der Waals surface area contributed by atoms with Gasteiger partial charge in [-0.2, -0.15) is 0 Å². The molecular formula is C22H22BrF2O3PS. The van der Waals surface area contributed by atoms with Crippen LogP contribution < -0.4 is 0 Å². The third kappa shape index (κ3) is 5.09. The van der Waals surface area contributed by atoms with E-state index in [9.17, 15) is 13.3 Å². The second-order valence-electron chi connectivity index (χ2n) is 7.25. The number of halogens is 3. The molecule has 0 amide bonds. The van der Waals surface area contributed by atoms with Gasteiger partial charge in [-0.05, 0) is 73.5 Å². The Morgan fingerprint density at radius 2 is 1.67 bits per heavy atom. The molecule has 0 bridgehead atoms. The number of fused-ring (bicyclic) bond motifs is 1. The molecule has 0 saturated heterocycles. The second-order valence-corrected chi connectivity index (χ2v) is 11.0. The number of thiophene rings is 1. The highest BCUT2D eigenvalue weighted by molar-refractivity contribution is 9.10. The van der Waals surface area contributed by atoms with Crippen molar-refractivity contribution < 1.29 is 22.4 Å². The largest absolute Gasteiger partial charge is 0.363 e. The fourth-order valence-electron chi connectivity index (χ4n) is 2.90. The predicted octanol–water partition coefficient (Wildman–Crippen LogP) is 8.48. The van der Waals surface area contributed by atoms with Crippen molar-refractivity contribution in [2.24, 2.45) is 0 Å². The quantitative estimate of drug-likeness (QED) is 0.296. The molecule has 2 aromatic carbocycles. The van der Waals surface area contributed by atoms with E-state index in [1.807, 2.05) is 24.3 Å². The Morgan fingerprint density at radius 1 is 1.03 bits per heavy atom. The molecule has 0 atom stereocenters. The Kier molecular flexibility index (Phi) is 7.31. The minimum Gasteiger partial charge on any atom is -0.302 e. The summed E-state index contributed by atoms with van der Waals surface area (Å²) in [7, 11) is -3.81. The van der Waals surface area contributed by atoms with Gasteiger partial charge < -0.3 is 9.05 Å². The van der Waals surface area contributed by atoms with Gasteiger partial charge in [0.05, 0.1) is 22.4 Å². The third-order valence-corrected chi connectivity index (χ3v) is 8.79. The molecule has 8 heteroatoms. The van der Waals surface area contributed by atoms with Gasteiger partial charge in [-0.1, -0.05) is 24.3 Å². The van der Waals surface area contributed by atoms with Gasteiger partial charge >= 0.3 is 7.60 Å². The molecule has 0 fully saturated rings. The Hall–Kier alpha value is -1.37. The van der Waals surface area contributed by atoms with Gasteiger partial charge in [-0.15, -0.1) is 11.3 Å². The number of benzene rings is 2. The van der Waals surface area contributed by atoms with E-state index in [1.54, 1.807) is 33.8 Å². The maximum atomic E-state index is 14.0. The average Bonchev–Trinajstić information content (AvgIpc) is 2.98. The normalized spacial score (nSPS) is 13.0. The fraction of sp³-hybridized carbons (Fsp3) is 0.273. The summed E-state index contributed by atoms with van der Waals surface area (Å²) >= 11 is 5.04. The van der Waals surface area contributed by atoms with Crippen LogP contribution in [0.25, 0.3) is 21.5 Å². The number of hydrogen-bond donors (Lipinski definition) is 0. The van der Waals surface area contributed by atoms with Gasteiger partial charge in [0.1, 0.15) is 0 Å². The summed E-state index contributed by atoms with van der Waals surface area (Å²) < 4.78 is 54.7. The first kappa shape index (κ1) is 23.3. The lowest BCUT2D eigenvalue weighted by Crippen LogP contribution is -2.09. The van der Waals surface area contributed by atoms with E-state index in [1.165, 1.54) is 17.4 Å². The standard InChI is InChI=1S/C22H22BrF2O3PS/c1-13(2)27-29(26,28-14(3)4)19(12-15-9-10-17(24)18(25)11-15)22-21(23)16-7-5-6-8-20(16)30-22/h5-14H,1-4H3/b19-12+. The maximum Gasteiger partial charge on any atom is 0.363 e. The van der Waals surface area contributed by atoms with E-state index in [0.717, 1.165) is 26.7 Å². The van der Waals surface area contributed by atoms with Crippen LogP contribution in [0.15, 0.2) is 46.9 Å². The maximum absolute atomic E-state index is 14.0. The Balaban J connectivity index is 2.28. The van der Waals surface area contributed by atoms with Crippen molar-refractivity contribution in [1.82, 2.24) is 0 Å². The molecular weight excluding hydrogens is 493 g/mol. The monoisotopic (exact) mass is 514 g/mol. The molecule has 30 heavy (non-hydrogen) atoms. The molecule has 1 heterocycles. The minimum absolute atomic E-state index is 0.295. The van der Waals surface area contributed by atoms with E-state index in [-0.39, 0.29) is 12.2 Å². The van der Waals surface area contributed by atoms with E-state index in [4.69, 9.17) is 9.05 Å². The summed E-state index contributed by atoms with van der Waals surface area (Å²) in [5, 5.41) is 1.25. The summed E-state index contributed by atoms with van der Waals surface area (Å²) in [6.45, 7) is 7.08. The highest BCUT2D eigenvalue weighted by Crippen LogP contribution is 2.65. The van der Waals surface area contributed by atoms with Gasteiger partial charge in [0.15, 0.2) is 11.6 Å². The van der Waals surface area contributed by atoms with Gasteiger partial charge in [0.2, 0.25) is 0 Å². The van der Waals surface area contributed by atoms with Crippen molar-refractivity contribution in [2.45, 2.75) is 39.9 Å². The Bertz CT molecular complexity index is 1130.